The van der Waals surface area contributed by atoms with Gasteiger partial charge in [-0.2, -0.15) is 0 Å². The predicted molar refractivity (Wildman–Crippen MR) is 76.3 cm³/mol. The molecule has 0 saturated carbocycles. The number of halogens is 3. The summed E-state index contributed by atoms with van der Waals surface area (Å²) in [5.41, 5.74) is 4.49. The zero-order chi connectivity index (χ0) is 14.7. The van der Waals surface area contributed by atoms with Crippen LogP contribution in [0.25, 0.3) is 0 Å². The smallest absolute Gasteiger partial charge is 0.142 e. The summed E-state index contributed by atoms with van der Waals surface area (Å²) >= 11 is 5.92. The lowest BCUT2D eigenvalue weighted by Crippen LogP contribution is -2.29. The van der Waals surface area contributed by atoms with E-state index in [4.69, 9.17) is 17.4 Å². The van der Waals surface area contributed by atoms with E-state index >= 15 is 0 Å². The van der Waals surface area contributed by atoms with Gasteiger partial charge in [0.15, 0.2) is 0 Å². The fourth-order valence-corrected chi connectivity index (χ4v) is 2.23. The van der Waals surface area contributed by atoms with Gasteiger partial charge in [0.2, 0.25) is 0 Å². The summed E-state index contributed by atoms with van der Waals surface area (Å²) in [6.45, 7) is 1.69. The summed E-state index contributed by atoms with van der Waals surface area (Å²) < 4.78 is 27.0. The van der Waals surface area contributed by atoms with Crippen LogP contribution in [0.4, 0.5) is 8.78 Å². The summed E-state index contributed by atoms with van der Waals surface area (Å²) in [5.74, 6) is 4.74. The monoisotopic (exact) mass is 296 g/mol. The molecule has 0 aromatic heterocycles. The van der Waals surface area contributed by atoms with Crippen LogP contribution in [0.1, 0.15) is 22.7 Å². The van der Waals surface area contributed by atoms with Crippen molar-refractivity contribution in [3.8, 4) is 0 Å². The summed E-state index contributed by atoms with van der Waals surface area (Å²) in [6.07, 6.45) is 0.371. The predicted octanol–water partition coefficient (Wildman–Crippen LogP) is 3.67. The van der Waals surface area contributed by atoms with Crippen molar-refractivity contribution in [3.63, 3.8) is 0 Å². The molecule has 3 N–H and O–H groups in total. The van der Waals surface area contributed by atoms with Crippen LogP contribution in [0.3, 0.4) is 0 Å². The van der Waals surface area contributed by atoms with Gasteiger partial charge in [-0.1, -0.05) is 35.9 Å². The first-order valence-electron chi connectivity index (χ1n) is 6.18. The second-order valence-electron chi connectivity index (χ2n) is 4.64. The zero-order valence-electron chi connectivity index (χ0n) is 11.0. The van der Waals surface area contributed by atoms with Crippen molar-refractivity contribution in [3.05, 3.63) is 69.7 Å². The van der Waals surface area contributed by atoms with Crippen molar-refractivity contribution >= 4 is 11.6 Å². The molecular weight excluding hydrogens is 282 g/mol. The Morgan fingerprint density at radius 1 is 1.20 bits per heavy atom. The molecule has 0 spiro atoms. The van der Waals surface area contributed by atoms with Crippen LogP contribution in [0, 0.1) is 18.6 Å². The Labute approximate surface area is 121 Å². The van der Waals surface area contributed by atoms with E-state index < -0.39 is 5.82 Å². The first-order valence-corrected chi connectivity index (χ1v) is 6.55. The van der Waals surface area contributed by atoms with Crippen molar-refractivity contribution in [2.24, 2.45) is 5.84 Å². The Morgan fingerprint density at radius 2 is 1.95 bits per heavy atom. The van der Waals surface area contributed by atoms with Gasteiger partial charge in [-0.15, -0.1) is 0 Å². The van der Waals surface area contributed by atoms with Gasteiger partial charge in [-0.3, -0.25) is 11.3 Å². The van der Waals surface area contributed by atoms with E-state index in [1.165, 1.54) is 12.1 Å². The second kappa shape index (κ2) is 6.31. The van der Waals surface area contributed by atoms with Gasteiger partial charge in [0.1, 0.15) is 11.6 Å². The topological polar surface area (TPSA) is 38.0 Å². The van der Waals surface area contributed by atoms with Gasteiger partial charge in [-0.05, 0) is 42.2 Å². The van der Waals surface area contributed by atoms with Crippen LogP contribution in [0.2, 0.25) is 5.02 Å². The van der Waals surface area contributed by atoms with E-state index in [9.17, 15) is 8.78 Å². The number of hydrazine groups is 1. The maximum atomic E-state index is 13.6. The number of rotatable bonds is 4. The standard InChI is InChI=1S/C15H15ClF2N2/c1-9-5-6-10(7-13(9)18)14(20-19)8-11-3-2-4-12(17)15(11)16/h2-7,14,20H,8,19H2,1H3. The molecule has 0 aliphatic heterocycles. The van der Waals surface area contributed by atoms with Crippen LogP contribution >= 0.6 is 11.6 Å². The SMILES string of the molecule is Cc1ccc(C(Cc2cccc(F)c2Cl)NN)cc1F. The first-order chi connectivity index (χ1) is 9.52. The summed E-state index contributed by atoms with van der Waals surface area (Å²) in [5, 5.41) is 0.0698. The number of nitrogens with two attached hydrogens (primary N) is 1. The highest BCUT2D eigenvalue weighted by Crippen LogP contribution is 2.26. The largest absolute Gasteiger partial charge is 0.271 e. The lowest BCUT2D eigenvalue weighted by molar-refractivity contribution is 0.540. The molecule has 0 fully saturated rings. The molecule has 0 bridgehead atoms. The molecule has 1 unspecified atom stereocenters. The van der Waals surface area contributed by atoms with E-state index in [0.717, 1.165) is 0 Å². The fourth-order valence-electron chi connectivity index (χ4n) is 2.02. The van der Waals surface area contributed by atoms with E-state index in [1.54, 1.807) is 31.2 Å². The molecule has 2 nitrogen and oxygen atoms in total. The highest BCUT2D eigenvalue weighted by Gasteiger charge is 2.15. The van der Waals surface area contributed by atoms with Crippen molar-refractivity contribution in [2.75, 3.05) is 0 Å². The fraction of sp³-hybridized carbons (Fsp3) is 0.200. The molecule has 1 atom stereocenters. The van der Waals surface area contributed by atoms with Crippen molar-refractivity contribution in [1.82, 2.24) is 5.43 Å². The zero-order valence-corrected chi connectivity index (χ0v) is 11.7. The van der Waals surface area contributed by atoms with Crippen molar-refractivity contribution in [2.45, 2.75) is 19.4 Å². The third kappa shape index (κ3) is 3.15. The quantitative estimate of drug-likeness (QED) is 0.667. The van der Waals surface area contributed by atoms with Crippen LogP contribution in [0.5, 0.6) is 0 Å². The second-order valence-corrected chi connectivity index (χ2v) is 5.02. The molecule has 106 valence electrons. The van der Waals surface area contributed by atoms with Crippen LogP contribution in [-0.2, 0) is 6.42 Å². The Hall–Kier alpha value is -1.49. The van der Waals surface area contributed by atoms with E-state index in [1.807, 2.05) is 0 Å². The third-order valence-corrected chi connectivity index (χ3v) is 3.68. The van der Waals surface area contributed by atoms with Crippen LogP contribution < -0.4 is 11.3 Å². The number of benzene rings is 2. The van der Waals surface area contributed by atoms with Gasteiger partial charge in [-0.25, -0.2) is 8.78 Å². The molecule has 0 saturated heterocycles. The Balaban J connectivity index is 2.28. The number of nitrogens with one attached hydrogen (secondary N) is 1. The van der Waals surface area contributed by atoms with Gasteiger partial charge in [0, 0.05) is 0 Å². The highest BCUT2D eigenvalue weighted by molar-refractivity contribution is 6.31. The van der Waals surface area contributed by atoms with Crippen molar-refractivity contribution in [1.29, 1.82) is 0 Å². The molecule has 2 aromatic rings. The minimum absolute atomic E-state index is 0.0698. The molecule has 0 aliphatic carbocycles. The molecule has 2 rings (SSSR count). The molecule has 20 heavy (non-hydrogen) atoms. The molecule has 0 amide bonds. The first kappa shape index (κ1) is 14.9. The minimum atomic E-state index is -0.477. The normalized spacial score (nSPS) is 12.4. The summed E-state index contributed by atoms with van der Waals surface area (Å²) in [7, 11) is 0. The van der Waals surface area contributed by atoms with Gasteiger partial charge in [0.25, 0.3) is 0 Å². The molecule has 2 aromatic carbocycles. The Morgan fingerprint density at radius 3 is 2.60 bits per heavy atom. The molecule has 0 heterocycles. The van der Waals surface area contributed by atoms with Crippen LogP contribution in [-0.4, -0.2) is 0 Å². The number of hydrogen-bond donors (Lipinski definition) is 2. The number of aryl methyl sites for hydroxylation is 1. The van der Waals surface area contributed by atoms with E-state index in [0.29, 0.717) is 23.1 Å². The lowest BCUT2D eigenvalue weighted by Gasteiger charge is -2.18. The molecular formula is C15H15ClF2N2. The minimum Gasteiger partial charge on any atom is -0.271 e. The highest BCUT2D eigenvalue weighted by atomic mass is 35.5. The average molecular weight is 297 g/mol. The summed E-state index contributed by atoms with van der Waals surface area (Å²) in [6, 6.07) is 9.15. The third-order valence-electron chi connectivity index (χ3n) is 3.26. The van der Waals surface area contributed by atoms with E-state index in [-0.39, 0.29) is 16.9 Å². The van der Waals surface area contributed by atoms with Crippen molar-refractivity contribution < 1.29 is 8.78 Å². The number of hydrogen-bond acceptors (Lipinski definition) is 2. The maximum Gasteiger partial charge on any atom is 0.142 e. The van der Waals surface area contributed by atoms with Crippen LogP contribution in [0.15, 0.2) is 36.4 Å². The Bertz CT molecular complexity index is 617. The molecule has 5 heteroatoms. The Kier molecular flexibility index (Phi) is 4.70. The average Bonchev–Trinajstić information content (AvgIpc) is 2.44. The maximum absolute atomic E-state index is 13.6. The molecule has 0 radical (unpaired) electrons. The van der Waals surface area contributed by atoms with E-state index in [2.05, 4.69) is 5.43 Å². The summed E-state index contributed by atoms with van der Waals surface area (Å²) in [4.78, 5) is 0. The molecule has 0 aliphatic rings. The lowest BCUT2D eigenvalue weighted by atomic mass is 9.98. The van der Waals surface area contributed by atoms with Gasteiger partial charge in [0.05, 0.1) is 11.1 Å². The van der Waals surface area contributed by atoms with Gasteiger partial charge >= 0.3 is 0 Å². The van der Waals surface area contributed by atoms with Gasteiger partial charge < -0.3 is 0 Å².